The molecule has 0 saturated carbocycles. The lowest BCUT2D eigenvalue weighted by atomic mass is 10.1. The summed E-state index contributed by atoms with van der Waals surface area (Å²) in [6, 6.07) is 10.1. The summed E-state index contributed by atoms with van der Waals surface area (Å²) >= 11 is 0. The van der Waals surface area contributed by atoms with Gasteiger partial charge in [-0.05, 0) is 24.3 Å². The SMILES string of the molecule is N#Cc1cc(N2CC[C@H](Oc3ccncc3)C2)ccc1[N+](=O)[O-]. The summed E-state index contributed by atoms with van der Waals surface area (Å²) in [5.74, 6) is 0.772. The minimum Gasteiger partial charge on any atom is -0.488 e. The highest BCUT2D eigenvalue weighted by Gasteiger charge is 2.25. The van der Waals surface area contributed by atoms with Crippen molar-refractivity contribution in [3.63, 3.8) is 0 Å². The van der Waals surface area contributed by atoms with Gasteiger partial charge in [0.1, 0.15) is 23.5 Å². The van der Waals surface area contributed by atoms with E-state index < -0.39 is 4.92 Å². The van der Waals surface area contributed by atoms with Crippen molar-refractivity contribution in [2.24, 2.45) is 0 Å². The van der Waals surface area contributed by atoms with Gasteiger partial charge in [0.15, 0.2) is 0 Å². The third kappa shape index (κ3) is 3.21. The Labute approximate surface area is 132 Å². The fraction of sp³-hybridized carbons (Fsp3) is 0.250. The molecule has 23 heavy (non-hydrogen) atoms. The first-order valence-electron chi connectivity index (χ1n) is 7.17. The third-order valence-electron chi connectivity index (χ3n) is 3.76. The first-order valence-corrected chi connectivity index (χ1v) is 7.17. The van der Waals surface area contributed by atoms with Crippen LogP contribution in [0, 0.1) is 21.4 Å². The largest absolute Gasteiger partial charge is 0.488 e. The van der Waals surface area contributed by atoms with Crippen LogP contribution in [0.15, 0.2) is 42.7 Å². The molecule has 1 aromatic heterocycles. The van der Waals surface area contributed by atoms with Gasteiger partial charge in [0, 0.05) is 37.1 Å². The molecule has 116 valence electrons. The van der Waals surface area contributed by atoms with Gasteiger partial charge >= 0.3 is 0 Å². The second kappa shape index (κ2) is 6.32. The van der Waals surface area contributed by atoms with E-state index in [4.69, 9.17) is 10.00 Å². The molecule has 0 bridgehead atoms. The molecular weight excluding hydrogens is 296 g/mol. The van der Waals surface area contributed by atoms with Crippen molar-refractivity contribution < 1.29 is 9.66 Å². The van der Waals surface area contributed by atoms with Crippen LogP contribution >= 0.6 is 0 Å². The Hall–Kier alpha value is -3.14. The molecule has 1 aromatic carbocycles. The van der Waals surface area contributed by atoms with E-state index in [-0.39, 0.29) is 17.4 Å². The van der Waals surface area contributed by atoms with E-state index in [1.165, 1.54) is 6.07 Å². The molecule has 0 N–H and O–H groups in total. The molecule has 0 spiro atoms. The lowest BCUT2D eigenvalue weighted by Gasteiger charge is -2.19. The van der Waals surface area contributed by atoms with Gasteiger partial charge in [-0.2, -0.15) is 5.26 Å². The van der Waals surface area contributed by atoms with E-state index in [2.05, 4.69) is 9.88 Å². The number of nitrogens with zero attached hydrogens (tertiary/aromatic N) is 4. The number of pyridine rings is 1. The van der Waals surface area contributed by atoms with Crippen molar-refractivity contribution >= 4 is 11.4 Å². The topological polar surface area (TPSA) is 92.3 Å². The Bertz CT molecular complexity index is 758. The van der Waals surface area contributed by atoms with Crippen molar-refractivity contribution in [3.8, 4) is 11.8 Å². The van der Waals surface area contributed by atoms with Crippen LogP contribution in [-0.2, 0) is 0 Å². The smallest absolute Gasteiger partial charge is 0.287 e. The van der Waals surface area contributed by atoms with Crippen LogP contribution < -0.4 is 9.64 Å². The molecule has 7 heteroatoms. The molecule has 1 aliphatic heterocycles. The monoisotopic (exact) mass is 310 g/mol. The zero-order valence-electron chi connectivity index (χ0n) is 12.3. The molecule has 0 amide bonds. The number of rotatable bonds is 4. The highest BCUT2D eigenvalue weighted by Crippen LogP contribution is 2.28. The highest BCUT2D eigenvalue weighted by atomic mass is 16.6. The summed E-state index contributed by atoms with van der Waals surface area (Å²) < 4.78 is 5.89. The molecule has 1 saturated heterocycles. The predicted octanol–water partition coefficient (Wildman–Crippen LogP) is 2.52. The molecule has 0 radical (unpaired) electrons. The van der Waals surface area contributed by atoms with Crippen molar-refractivity contribution in [1.29, 1.82) is 5.26 Å². The van der Waals surface area contributed by atoms with E-state index in [1.807, 2.05) is 18.2 Å². The van der Waals surface area contributed by atoms with Crippen LogP contribution in [0.5, 0.6) is 5.75 Å². The minimum absolute atomic E-state index is 0.0399. The lowest BCUT2D eigenvalue weighted by Crippen LogP contribution is -2.24. The molecule has 0 unspecified atom stereocenters. The fourth-order valence-electron chi connectivity index (χ4n) is 2.64. The zero-order chi connectivity index (χ0) is 16.2. The Morgan fingerprint density at radius 3 is 2.83 bits per heavy atom. The quantitative estimate of drug-likeness (QED) is 0.636. The van der Waals surface area contributed by atoms with Crippen molar-refractivity contribution in [2.75, 3.05) is 18.0 Å². The lowest BCUT2D eigenvalue weighted by molar-refractivity contribution is -0.385. The summed E-state index contributed by atoms with van der Waals surface area (Å²) in [5, 5.41) is 20.0. The maximum Gasteiger partial charge on any atom is 0.287 e. The summed E-state index contributed by atoms with van der Waals surface area (Å²) in [6.07, 6.45) is 4.24. The minimum atomic E-state index is -0.540. The molecule has 0 aliphatic carbocycles. The van der Waals surface area contributed by atoms with Gasteiger partial charge in [0.2, 0.25) is 0 Å². The number of aromatic nitrogens is 1. The third-order valence-corrected chi connectivity index (χ3v) is 3.76. The number of hydrogen-bond donors (Lipinski definition) is 0. The van der Waals surface area contributed by atoms with Crippen LogP contribution in [0.25, 0.3) is 0 Å². The Morgan fingerprint density at radius 2 is 2.13 bits per heavy atom. The van der Waals surface area contributed by atoms with E-state index in [0.29, 0.717) is 6.54 Å². The predicted molar refractivity (Wildman–Crippen MR) is 83.3 cm³/mol. The van der Waals surface area contributed by atoms with Gasteiger partial charge in [-0.15, -0.1) is 0 Å². The van der Waals surface area contributed by atoms with Gasteiger partial charge in [0.05, 0.1) is 11.5 Å². The van der Waals surface area contributed by atoms with Crippen LogP contribution in [0.4, 0.5) is 11.4 Å². The molecule has 1 atom stereocenters. The van der Waals surface area contributed by atoms with Crippen molar-refractivity contribution in [1.82, 2.24) is 4.98 Å². The number of nitro groups is 1. The first-order chi connectivity index (χ1) is 11.2. The van der Waals surface area contributed by atoms with Crippen LogP contribution in [0.2, 0.25) is 0 Å². The van der Waals surface area contributed by atoms with Gasteiger partial charge < -0.3 is 9.64 Å². The zero-order valence-corrected chi connectivity index (χ0v) is 12.3. The van der Waals surface area contributed by atoms with Crippen LogP contribution in [0.3, 0.4) is 0 Å². The highest BCUT2D eigenvalue weighted by molar-refractivity contribution is 5.60. The number of benzene rings is 1. The summed E-state index contributed by atoms with van der Waals surface area (Å²) in [5.41, 5.74) is 0.707. The van der Waals surface area contributed by atoms with E-state index >= 15 is 0 Å². The normalized spacial score (nSPS) is 16.8. The number of nitriles is 1. The molecule has 2 aromatic rings. The maximum atomic E-state index is 10.9. The molecule has 1 fully saturated rings. The van der Waals surface area contributed by atoms with Gasteiger partial charge in [-0.25, -0.2) is 0 Å². The first kappa shape index (κ1) is 14.8. The molecule has 3 rings (SSSR count). The standard InChI is InChI=1S/C16H14N4O3/c17-10-12-9-13(1-2-16(12)20(21)22)19-8-5-15(11-19)23-14-3-6-18-7-4-14/h1-4,6-7,9,15H,5,8,11H2/t15-/m0/s1. The molecule has 2 heterocycles. The molecule has 1 aliphatic rings. The number of anilines is 1. The summed E-state index contributed by atoms with van der Waals surface area (Å²) in [6.45, 7) is 1.45. The van der Waals surface area contributed by atoms with Crippen molar-refractivity contribution in [3.05, 3.63) is 58.4 Å². The van der Waals surface area contributed by atoms with Gasteiger partial charge in [-0.3, -0.25) is 15.1 Å². The van der Waals surface area contributed by atoms with Crippen molar-refractivity contribution in [2.45, 2.75) is 12.5 Å². The fourth-order valence-corrected chi connectivity index (χ4v) is 2.64. The van der Waals surface area contributed by atoms with E-state index in [1.54, 1.807) is 24.5 Å². The maximum absolute atomic E-state index is 10.9. The second-order valence-electron chi connectivity index (χ2n) is 5.23. The van der Waals surface area contributed by atoms with Gasteiger partial charge in [0.25, 0.3) is 5.69 Å². The van der Waals surface area contributed by atoms with Crippen LogP contribution in [-0.4, -0.2) is 29.1 Å². The number of hydrogen-bond acceptors (Lipinski definition) is 6. The Morgan fingerprint density at radius 1 is 1.35 bits per heavy atom. The second-order valence-corrected chi connectivity index (χ2v) is 5.23. The van der Waals surface area contributed by atoms with Crippen LogP contribution in [0.1, 0.15) is 12.0 Å². The van der Waals surface area contributed by atoms with E-state index in [0.717, 1.165) is 24.4 Å². The number of ether oxygens (including phenoxy) is 1. The number of nitro benzene ring substituents is 1. The Kier molecular flexibility index (Phi) is 4.06. The van der Waals surface area contributed by atoms with Gasteiger partial charge in [-0.1, -0.05) is 0 Å². The summed E-state index contributed by atoms with van der Waals surface area (Å²) in [4.78, 5) is 16.4. The van der Waals surface area contributed by atoms with E-state index in [9.17, 15) is 10.1 Å². The average molecular weight is 310 g/mol. The summed E-state index contributed by atoms with van der Waals surface area (Å²) in [7, 11) is 0. The Balaban J connectivity index is 1.72. The molecular formula is C16H14N4O3. The average Bonchev–Trinajstić information content (AvgIpc) is 3.03. The molecule has 7 nitrogen and oxygen atoms in total.